The van der Waals surface area contributed by atoms with Crippen LogP contribution in [-0.4, -0.2) is 55.2 Å². The third-order valence-electron chi connectivity index (χ3n) is 6.92. The van der Waals surface area contributed by atoms with E-state index in [0.717, 1.165) is 0 Å². The standard InChI is InChI=1S/C32H43NO10/c1-19(2)22(6)40-30(36)42-26-15-14-24(16-27(26)43-31(37)41-23(7)20(3)4)18-32(33,29(35)38-8)17-21(5)39-28(34)25-12-10-9-11-13-25/h9-16,19-23H,17-18,33H2,1-8H3/t21?,22-,23?,32+/m0/s1. The quantitative estimate of drug-likeness (QED) is 0.167. The van der Waals surface area contributed by atoms with Crippen LogP contribution in [0.5, 0.6) is 11.5 Å². The van der Waals surface area contributed by atoms with Crippen molar-refractivity contribution < 1.29 is 47.6 Å². The average Bonchev–Trinajstić information content (AvgIpc) is 2.93. The van der Waals surface area contributed by atoms with E-state index in [1.165, 1.54) is 19.2 Å². The van der Waals surface area contributed by atoms with Crippen molar-refractivity contribution in [3.63, 3.8) is 0 Å². The SMILES string of the molecule is COC(=O)[C@](N)(Cc1ccc(OC(=O)O[C@@H](C)C(C)C)c(OC(=O)OC(C)C(C)C)c1)CC(C)OC(=O)c1ccccc1. The first-order valence-corrected chi connectivity index (χ1v) is 14.2. The Kier molecular flexibility index (Phi) is 13.0. The number of carbonyl (C=O) groups is 4. The lowest BCUT2D eigenvalue weighted by Gasteiger charge is -2.29. The molecule has 2 aromatic rings. The molecule has 236 valence electrons. The summed E-state index contributed by atoms with van der Waals surface area (Å²) in [6, 6.07) is 12.8. The Morgan fingerprint density at radius 1 is 0.744 bits per heavy atom. The van der Waals surface area contributed by atoms with Crippen molar-refractivity contribution in [2.24, 2.45) is 17.6 Å². The molecule has 0 fully saturated rings. The molecule has 0 radical (unpaired) electrons. The summed E-state index contributed by atoms with van der Waals surface area (Å²) in [6.07, 6.45) is -3.83. The van der Waals surface area contributed by atoms with Gasteiger partial charge in [-0.3, -0.25) is 4.79 Å². The second-order valence-electron chi connectivity index (χ2n) is 11.2. The molecular weight excluding hydrogens is 558 g/mol. The maximum atomic E-state index is 12.9. The summed E-state index contributed by atoms with van der Waals surface area (Å²) >= 11 is 0. The van der Waals surface area contributed by atoms with Crippen molar-refractivity contribution in [1.82, 2.24) is 0 Å². The van der Waals surface area contributed by atoms with Crippen molar-refractivity contribution in [1.29, 1.82) is 0 Å². The van der Waals surface area contributed by atoms with Gasteiger partial charge in [-0.1, -0.05) is 52.0 Å². The minimum atomic E-state index is -1.64. The molecule has 4 atom stereocenters. The van der Waals surface area contributed by atoms with Crippen LogP contribution >= 0.6 is 0 Å². The minimum absolute atomic E-state index is 0.0259. The van der Waals surface area contributed by atoms with Gasteiger partial charge in [0.25, 0.3) is 0 Å². The molecule has 0 spiro atoms. The average molecular weight is 602 g/mol. The van der Waals surface area contributed by atoms with Crippen LogP contribution < -0.4 is 15.2 Å². The molecule has 2 unspecified atom stereocenters. The van der Waals surface area contributed by atoms with Gasteiger partial charge in [0.05, 0.1) is 12.7 Å². The van der Waals surface area contributed by atoms with Crippen molar-refractivity contribution in [2.45, 2.75) is 85.2 Å². The summed E-state index contributed by atoms with van der Waals surface area (Å²) in [5.41, 5.74) is 5.70. The summed E-state index contributed by atoms with van der Waals surface area (Å²) < 4.78 is 31.9. The summed E-state index contributed by atoms with van der Waals surface area (Å²) in [7, 11) is 1.20. The number of hydrogen-bond donors (Lipinski definition) is 1. The van der Waals surface area contributed by atoms with Crippen LogP contribution in [0.4, 0.5) is 9.59 Å². The van der Waals surface area contributed by atoms with Gasteiger partial charge in [-0.05, 0) is 62.4 Å². The number of methoxy groups -OCH3 is 1. The third-order valence-corrected chi connectivity index (χ3v) is 6.92. The normalized spacial score (nSPS) is 14.6. The highest BCUT2D eigenvalue weighted by Gasteiger charge is 2.38. The first kappa shape index (κ1) is 35.1. The maximum absolute atomic E-state index is 12.9. The van der Waals surface area contributed by atoms with Crippen molar-refractivity contribution in [3.8, 4) is 11.5 Å². The van der Waals surface area contributed by atoms with Gasteiger partial charge in [-0.15, -0.1) is 0 Å². The van der Waals surface area contributed by atoms with Crippen LogP contribution in [-0.2, 0) is 30.2 Å². The molecule has 11 heteroatoms. The molecule has 2 rings (SSSR count). The van der Waals surface area contributed by atoms with Crippen LogP contribution in [0.1, 0.15) is 70.8 Å². The Morgan fingerprint density at radius 3 is 1.79 bits per heavy atom. The second kappa shape index (κ2) is 15.9. The molecule has 0 aromatic heterocycles. The molecule has 0 aliphatic heterocycles. The van der Waals surface area contributed by atoms with Gasteiger partial charge < -0.3 is 34.2 Å². The highest BCUT2D eigenvalue weighted by Crippen LogP contribution is 2.32. The lowest BCUT2D eigenvalue weighted by molar-refractivity contribution is -0.148. The van der Waals surface area contributed by atoms with E-state index in [1.54, 1.807) is 57.2 Å². The van der Waals surface area contributed by atoms with Crippen molar-refractivity contribution >= 4 is 24.2 Å². The number of hydrogen-bond acceptors (Lipinski definition) is 11. The predicted octanol–water partition coefficient (Wildman–Crippen LogP) is 5.86. The van der Waals surface area contributed by atoms with Crippen LogP contribution in [0.25, 0.3) is 0 Å². The van der Waals surface area contributed by atoms with E-state index >= 15 is 0 Å². The zero-order valence-electron chi connectivity index (χ0n) is 26.1. The molecule has 43 heavy (non-hydrogen) atoms. The molecule has 0 heterocycles. The van der Waals surface area contributed by atoms with Crippen molar-refractivity contribution in [3.05, 3.63) is 59.7 Å². The fourth-order valence-corrected chi connectivity index (χ4v) is 3.80. The number of benzene rings is 2. The maximum Gasteiger partial charge on any atom is 0.514 e. The van der Waals surface area contributed by atoms with E-state index < -0.39 is 48.1 Å². The lowest BCUT2D eigenvalue weighted by atomic mass is 9.86. The highest BCUT2D eigenvalue weighted by atomic mass is 16.8. The van der Waals surface area contributed by atoms with Crippen LogP contribution in [0.3, 0.4) is 0 Å². The van der Waals surface area contributed by atoms with Gasteiger partial charge in [0, 0.05) is 12.8 Å². The Balaban J connectivity index is 2.33. The Hall–Kier alpha value is -4.12. The van der Waals surface area contributed by atoms with Gasteiger partial charge in [-0.2, -0.15) is 0 Å². The highest BCUT2D eigenvalue weighted by molar-refractivity contribution is 5.89. The molecule has 0 bridgehead atoms. The van der Waals surface area contributed by atoms with Crippen molar-refractivity contribution in [2.75, 3.05) is 7.11 Å². The lowest BCUT2D eigenvalue weighted by Crippen LogP contribution is -2.53. The number of rotatable bonds is 13. The van der Waals surface area contributed by atoms with Gasteiger partial charge in [0.15, 0.2) is 11.5 Å². The van der Waals surface area contributed by atoms with Crippen LogP contribution in [0.2, 0.25) is 0 Å². The van der Waals surface area contributed by atoms with Crippen LogP contribution in [0.15, 0.2) is 48.5 Å². The molecular formula is C32H43NO10. The van der Waals surface area contributed by atoms with E-state index in [1.807, 2.05) is 27.7 Å². The first-order chi connectivity index (χ1) is 20.1. The van der Waals surface area contributed by atoms with E-state index in [4.69, 9.17) is 34.2 Å². The van der Waals surface area contributed by atoms with E-state index in [-0.39, 0.29) is 36.2 Å². The number of nitrogens with two attached hydrogens (primary N) is 1. The molecule has 0 aliphatic carbocycles. The summed E-state index contributed by atoms with van der Waals surface area (Å²) in [4.78, 5) is 50.4. The van der Waals surface area contributed by atoms with Gasteiger partial charge in [0.1, 0.15) is 23.9 Å². The summed E-state index contributed by atoms with van der Waals surface area (Å²) in [6.45, 7) is 12.6. The number of ether oxygens (including phenoxy) is 6. The Labute approximate surface area is 252 Å². The summed E-state index contributed by atoms with van der Waals surface area (Å²) in [5.74, 6) is -1.49. The smallest absolute Gasteiger partial charge is 0.468 e. The molecule has 2 aromatic carbocycles. The second-order valence-corrected chi connectivity index (χ2v) is 11.2. The van der Waals surface area contributed by atoms with Crippen LogP contribution in [0, 0.1) is 11.8 Å². The largest absolute Gasteiger partial charge is 0.514 e. The van der Waals surface area contributed by atoms with Gasteiger partial charge >= 0.3 is 24.2 Å². The molecule has 0 aliphatic rings. The zero-order valence-corrected chi connectivity index (χ0v) is 26.1. The van der Waals surface area contributed by atoms with Gasteiger partial charge in [0.2, 0.25) is 0 Å². The zero-order chi connectivity index (χ0) is 32.3. The Bertz CT molecular complexity index is 1250. The fraction of sp³-hybridized carbons (Fsp3) is 0.500. The molecule has 0 saturated carbocycles. The fourth-order valence-electron chi connectivity index (χ4n) is 3.80. The summed E-state index contributed by atoms with van der Waals surface area (Å²) in [5, 5.41) is 0. The molecule has 0 amide bonds. The number of esters is 2. The predicted molar refractivity (Wildman–Crippen MR) is 158 cm³/mol. The monoisotopic (exact) mass is 601 g/mol. The van der Waals surface area contributed by atoms with E-state index in [9.17, 15) is 19.2 Å². The molecule has 2 N–H and O–H groups in total. The minimum Gasteiger partial charge on any atom is -0.468 e. The molecule has 0 saturated heterocycles. The first-order valence-electron chi connectivity index (χ1n) is 14.2. The van der Waals surface area contributed by atoms with E-state index in [0.29, 0.717) is 11.1 Å². The van der Waals surface area contributed by atoms with E-state index in [2.05, 4.69) is 0 Å². The number of carbonyl (C=O) groups excluding carboxylic acids is 4. The Morgan fingerprint density at radius 2 is 1.28 bits per heavy atom. The van der Waals surface area contributed by atoms with Gasteiger partial charge in [-0.25, -0.2) is 14.4 Å². The topological polar surface area (TPSA) is 150 Å². The third kappa shape index (κ3) is 10.9. The molecule has 11 nitrogen and oxygen atoms in total.